The van der Waals surface area contributed by atoms with E-state index in [1.54, 1.807) is 17.0 Å². The Bertz CT molecular complexity index is 861. The third-order valence-corrected chi connectivity index (χ3v) is 5.09. The molecule has 1 amide bonds. The van der Waals surface area contributed by atoms with Gasteiger partial charge in [-0.15, -0.1) is 0 Å². The molecule has 2 aliphatic rings. The molecule has 23 heavy (non-hydrogen) atoms. The van der Waals surface area contributed by atoms with Crippen LogP contribution in [0.5, 0.6) is 0 Å². The SMILES string of the molecule is C[C@@H]1C[C@H]2c3cccc(C(=O)[O-])c3C(=O)N2c2c(Cl)cccc21. The number of hydrogen-bond acceptors (Lipinski definition) is 3. The minimum atomic E-state index is -1.33. The Morgan fingerprint density at radius 2 is 1.91 bits per heavy atom. The van der Waals surface area contributed by atoms with Gasteiger partial charge in [-0.3, -0.25) is 9.69 Å². The highest BCUT2D eigenvalue weighted by atomic mass is 35.5. The van der Waals surface area contributed by atoms with Crippen LogP contribution in [-0.4, -0.2) is 11.9 Å². The second-order valence-corrected chi connectivity index (χ2v) is 6.47. The van der Waals surface area contributed by atoms with Crippen molar-refractivity contribution in [2.75, 3.05) is 4.90 Å². The molecule has 2 aliphatic heterocycles. The number of anilines is 1. The fourth-order valence-electron chi connectivity index (χ4n) is 3.79. The van der Waals surface area contributed by atoms with Crippen molar-refractivity contribution in [1.82, 2.24) is 0 Å². The molecule has 116 valence electrons. The number of carboxylic acid groups (broad SMARTS) is 1. The summed E-state index contributed by atoms with van der Waals surface area (Å²) in [6, 6.07) is 10.3. The van der Waals surface area contributed by atoms with E-state index in [2.05, 4.69) is 6.92 Å². The van der Waals surface area contributed by atoms with Crippen molar-refractivity contribution in [3.8, 4) is 0 Å². The van der Waals surface area contributed by atoms with E-state index in [4.69, 9.17) is 11.6 Å². The van der Waals surface area contributed by atoms with E-state index in [1.807, 2.05) is 18.2 Å². The number of nitrogens with zero attached hydrogens (tertiary/aromatic N) is 1. The first-order chi connectivity index (χ1) is 11.0. The van der Waals surface area contributed by atoms with Gasteiger partial charge in [0.1, 0.15) is 0 Å². The van der Waals surface area contributed by atoms with Crippen LogP contribution in [0, 0.1) is 0 Å². The van der Waals surface area contributed by atoms with Gasteiger partial charge in [-0.1, -0.05) is 48.9 Å². The number of carbonyl (C=O) groups is 2. The summed E-state index contributed by atoms with van der Waals surface area (Å²) >= 11 is 6.36. The van der Waals surface area contributed by atoms with Crippen LogP contribution in [0.15, 0.2) is 36.4 Å². The maximum Gasteiger partial charge on any atom is 0.259 e. The zero-order valence-corrected chi connectivity index (χ0v) is 13.1. The maximum atomic E-state index is 13.0. The molecule has 0 aliphatic carbocycles. The molecule has 0 bridgehead atoms. The summed E-state index contributed by atoms with van der Waals surface area (Å²) in [5.41, 5.74) is 2.64. The van der Waals surface area contributed by atoms with E-state index in [0.29, 0.717) is 10.7 Å². The summed E-state index contributed by atoms with van der Waals surface area (Å²) < 4.78 is 0. The second-order valence-electron chi connectivity index (χ2n) is 6.06. The largest absolute Gasteiger partial charge is 0.545 e. The van der Waals surface area contributed by atoms with Gasteiger partial charge in [-0.25, -0.2) is 0 Å². The molecule has 0 N–H and O–H groups in total. The van der Waals surface area contributed by atoms with E-state index >= 15 is 0 Å². The van der Waals surface area contributed by atoms with E-state index in [-0.39, 0.29) is 29.0 Å². The van der Waals surface area contributed by atoms with E-state index in [9.17, 15) is 14.7 Å². The van der Waals surface area contributed by atoms with Crippen molar-refractivity contribution in [2.24, 2.45) is 0 Å². The molecule has 2 aromatic rings. The van der Waals surface area contributed by atoms with Crippen molar-refractivity contribution >= 4 is 29.2 Å². The first kappa shape index (κ1) is 14.3. The van der Waals surface area contributed by atoms with Crippen LogP contribution in [0.4, 0.5) is 5.69 Å². The first-order valence-corrected chi connectivity index (χ1v) is 7.84. The van der Waals surface area contributed by atoms with Crippen molar-refractivity contribution in [3.05, 3.63) is 63.7 Å². The molecule has 4 rings (SSSR count). The molecule has 5 heteroatoms. The average molecular weight is 327 g/mol. The lowest BCUT2D eigenvalue weighted by Crippen LogP contribution is -2.34. The number of rotatable bonds is 1. The highest BCUT2D eigenvalue weighted by molar-refractivity contribution is 6.34. The molecule has 2 atom stereocenters. The van der Waals surface area contributed by atoms with Crippen molar-refractivity contribution in [1.29, 1.82) is 0 Å². The number of carbonyl (C=O) groups excluding carboxylic acids is 2. The molecule has 0 saturated carbocycles. The lowest BCUT2D eigenvalue weighted by atomic mass is 9.85. The Morgan fingerprint density at radius 1 is 1.22 bits per heavy atom. The third-order valence-electron chi connectivity index (χ3n) is 4.79. The van der Waals surface area contributed by atoms with Gasteiger partial charge >= 0.3 is 0 Å². The zero-order valence-electron chi connectivity index (χ0n) is 12.4. The van der Waals surface area contributed by atoms with Gasteiger partial charge in [-0.05, 0) is 29.5 Å². The van der Waals surface area contributed by atoms with Crippen LogP contribution in [0.3, 0.4) is 0 Å². The van der Waals surface area contributed by atoms with Crippen LogP contribution in [0.2, 0.25) is 5.02 Å². The van der Waals surface area contributed by atoms with Crippen molar-refractivity contribution < 1.29 is 14.7 Å². The normalized spacial score (nSPS) is 21.7. The number of carboxylic acids is 1. The lowest BCUT2D eigenvalue weighted by Gasteiger charge is -2.36. The summed E-state index contributed by atoms with van der Waals surface area (Å²) in [4.78, 5) is 26.0. The lowest BCUT2D eigenvalue weighted by molar-refractivity contribution is -0.255. The monoisotopic (exact) mass is 326 g/mol. The van der Waals surface area contributed by atoms with Crippen LogP contribution < -0.4 is 10.0 Å². The summed E-state index contributed by atoms with van der Waals surface area (Å²) in [6.07, 6.45) is 0.739. The van der Waals surface area contributed by atoms with E-state index < -0.39 is 5.97 Å². The summed E-state index contributed by atoms with van der Waals surface area (Å²) in [6.45, 7) is 2.09. The van der Waals surface area contributed by atoms with Gasteiger partial charge < -0.3 is 9.90 Å². The highest BCUT2D eigenvalue weighted by Gasteiger charge is 2.44. The number of aromatic carboxylic acids is 1. The number of amides is 1. The summed E-state index contributed by atoms with van der Waals surface area (Å²) in [5, 5.41) is 11.9. The van der Waals surface area contributed by atoms with Gasteiger partial charge in [0.2, 0.25) is 0 Å². The minimum absolute atomic E-state index is 0.0526. The second kappa shape index (κ2) is 4.83. The van der Waals surface area contributed by atoms with Crippen LogP contribution >= 0.6 is 11.6 Å². The van der Waals surface area contributed by atoms with Gasteiger partial charge in [-0.2, -0.15) is 0 Å². The number of para-hydroxylation sites is 1. The molecular formula is C18H13ClNO3-. The molecule has 2 aromatic carbocycles. The third kappa shape index (κ3) is 1.85. The van der Waals surface area contributed by atoms with Gasteiger partial charge in [0, 0.05) is 5.56 Å². The first-order valence-electron chi connectivity index (χ1n) is 7.47. The standard InChI is InChI=1S/C18H14ClNO3/c1-9-8-14-11-5-2-6-12(18(22)23)15(11)17(21)20(14)16-10(9)4-3-7-13(16)19/h2-7,9,14H,8H2,1H3,(H,22,23)/p-1/t9-,14+/m1/s1. The Balaban J connectivity index is 1.98. The van der Waals surface area contributed by atoms with Crippen molar-refractivity contribution in [3.63, 3.8) is 0 Å². The van der Waals surface area contributed by atoms with E-state index in [1.165, 1.54) is 6.07 Å². The molecule has 4 nitrogen and oxygen atoms in total. The fourth-order valence-corrected chi connectivity index (χ4v) is 4.07. The predicted octanol–water partition coefficient (Wildman–Crippen LogP) is 2.91. The molecule has 0 radical (unpaired) electrons. The molecule has 0 spiro atoms. The zero-order chi connectivity index (χ0) is 16.3. The minimum Gasteiger partial charge on any atom is -0.545 e. The Labute approximate surface area is 138 Å². The number of hydrogen-bond donors (Lipinski definition) is 0. The van der Waals surface area contributed by atoms with E-state index in [0.717, 1.165) is 17.5 Å². The average Bonchev–Trinajstić information content (AvgIpc) is 2.81. The van der Waals surface area contributed by atoms with Crippen LogP contribution in [0.1, 0.15) is 57.1 Å². The molecule has 2 heterocycles. The van der Waals surface area contributed by atoms with Gasteiger partial charge in [0.05, 0.1) is 28.3 Å². The van der Waals surface area contributed by atoms with Gasteiger partial charge in [0.15, 0.2) is 0 Å². The topological polar surface area (TPSA) is 60.4 Å². The molecule has 0 unspecified atom stereocenters. The molecule has 0 saturated heterocycles. The van der Waals surface area contributed by atoms with Crippen LogP contribution in [0.25, 0.3) is 0 Å². The summed E-state index contributed by atoms with van der Waals surface area (Å²) in [7, 11) is 0. The number of halogens is 1. The fraction of sp³-hybridized carbons (Fsp3) is 0.222. The molecular weight excluding hydrogens is 314 g/mol. The quantitative estimate of drug-likeness (QED) is 0.809. The molecule has 0 fully saturated rings. The Kier molecular flexibility index (Phi) is 3.00. The number of benzene rings is 2. The number of fused-ring (bicyclic) bond motifs is 5. The molecule has 0 aromatic heterocycles. The Hall–Kier alpha value is -2.33. The smallest absolute Gasteiger partial charge is 0.259 e. The Morgan fingerprint density at radius 3 is 2.65 bits per heavy atom. The van der Waals surface area contributed by atoms with Crippen molar-refractivity contribution in [2.45, 2.75) is 25.3 Å². The highest BCUT2D eigenvalue weighted by Crippen LogP contribution is 2.52. The summed E-state index contributed by atoms with van der Waals surface area (Å²) in [5.74, 6) is -1.41. The van der Waals surface area contributed by atoms with Crippen LogP contribution in [-0.2, 0) is 0 Å². The maximum absolute atomic E-state index is 13.0. The predicted molar refractivity (Wildman–Crippen MR) is 84.8 cm³/mol. The van der Waals surface area contributed by atoms with Gasteiger partial charge in [0.25, 0.3) is 5.91 Å².